The fraction of sp³-hybridized carbons (Fsp3) is 0.370. The van der Waals surface area contributed by atoms with Crippen molar-refractivity contribution in [2.45, 2.75) is 44.8 Å². The van der Waals surface area contributed by atoms with Gasteiger partial charge in [-0.3, -0.25) is 0 Å². The smallest absolute Gasteiger partial charge is 0.344 e. The Morgan fingerprint density at radius 2 is 1.94 bits per heavy atom. The molecule has 3 aromatic carbocycles. The first-order valence-corrected chi connectivity index (χ1v) is 11.4. The number of fused-ring (bicyclic) bond motifs is 2. The summed E-state index contributed by atoms with van der Waals surface area (Å²) >= 11 is 0. The Morgan fingerprint density at radius 1 is 1.09 bits per heavy atom. The number of carbonyl (C=O) groups is 1. The van der Waals surface area contributed by atoms with E-state index >= 15 is 0 Å². The lowest BCUT2D eigenvalue weighted by Crippen LogP contribution is -2.34. The molecule has 1 unspecified atom stereocenters. The molecule has 1 aliphatic rings. The molecular weight excluding hydrogens is 402 g/mol. The number of nitrogens with one attached hydrogen (secondary N) is 1. The van der Waals surface area contributed by atoms with Gasteiger partial charge in [-0.15, -0.1) is 0 Å². The van der Waals surface area contributed by atoms with Crippen LogP contribution in [0, 0.1) is 0 Å². The van der Waals surface area contributed by atoms with Gasteiger partial charge in [-0.05, 0) is 78.3 Å². The van der Waals surface area contributed by atoms with Crippen molar-refractivity contribution in [3.63, 3.8) is 0 Å². The van der Waals surface area contributed by atoms with E-state index in [1.165, 1.54) is 16.5 Å². The van der Waals surface area contributed by atoms with Crippen LogP contribution in [0.1, 0.15) is 42.6 Å². The Balaban J connectivity index is 1.36. The molecular formula is C27H31NO4. The second-order valence-electron chi connectivity index (χ2n) is 8.35. The normalized spacial score (nSPS) is 16.8. The molecule has 0 heterocycles. The van der Waals surface area contributed by atoms with Crippen molar-refractivity contribution < 1.29 is 19.4 Å². The highest BCUT2D eigenvalue weighted by atomic mass is 16.6. The van der Waals surface area contributed by atoms with E-state index in [-0.39, 0.29) is 18.6 Å². The molecule has 0 saturated carbocycles. The fourth-order valence-corrected chi connectivity index (χ4v) is 4.36. The minimum atomic E-state index is -0.554. The zero-order valence-electron chi connectivity index (χ0n) is 18.5. The number of benzene rings is 3. The largest absolute Gasteiger partial charge is 0.482 e. The summed E-state index contributed by atoms with van der Waals surface area (Å²) in [6, 6.07) is 20.7. The molecule has 0 fully saturated rings. The van der Waals surface area contributed by atoms with Gasteiger partial charge in [-0.25, -0.2) is 4.79 Å². The van der Waals surface area contributed by atoms with Crippen LogP contribution in [0.15, 0.2) is 60.7 Å². The van der Waals surface area contributed by atoms with E-state index < -0.39 is 6.10 Å². The Kier molecular flexibility index (Phi) is 7.40. The lowest BCUT2D eigenvalue weighted by Gasteiger charge is -2.20. The standard InChI is InChI=1S/C27H31NO4/c1-2-31-27(30)18-32-25-13-12-20-8-5-9-24(15-23(20)16-25)28-17-26(29)22-11-10-19-6-3-4-7-21(19)14-22/h3-4,6-7,10-14,16,24,26,28-29H,2,5,8-9,15,17-18H2,1H3/t24?,26-/m1/s1. The third kappa shape index (κ3) is 5.67. The van der Waals surface area contributed by atoms with Crippen LogP contribution in [0.25, 0.3) is 10.8 Å². The molecule has 4 rings (SSSR count). The van der Waals surface area contributed by atoms with Crippen molar-refractivity contribution in [1.29, 1.82) is 0 Å². The maximum Gasteiger partial charge on any atom is 0.344 e. The number of carbonyl (C=O) groups excluding carboxylic acids is 1. The number of aliphatic hydroxyl groups is 1. The van der Waals surface area contributed by atoms with E-state index in [1.54, 1.807) is 6.92 Å². The number of rotatable bonds is 8. The van der Waals surface area contributed by atoms with E-state index in [0.29, 0.717) is 18.9 Å². The van der Waals surface area contributed by atoms with Crippen molar-refractivity contribution in [2.24, 2.45) is 0 Å². The van der Waals surface area contributed by atoms with Gasteiger partial charge < -0.3 is 19.9 Å². The molecule has 5 heteroatoms. The van der Waals surface area contributed by atoms with Crippen LogP contribution in [0.2, 0.25) is 0 Å². The average molecular weight is 434 g/mol. The number of esters is 1. The van der Waals surface area contributed by atoms with Crippen LogP contribution in [0.5, 0.6) is 5.75 Å². The summed E-state index contributed by atoms with van der Waals surface area (Å²) < 4.78 is 10.5. The van der Waals surface area contributed by atoms with Crippen LogP contribution in [-0.4, -0.2) is 36.9 Å². The SMILES string of the molecule is CCOC(=O)COc1ccc2c(c1)CC(NC[C@@H](O)c1ccc3ccccc3c1)CCC2. The Labute approximate surface area is 189 Å². The van der Waals surface area contributed by atoms with Crippen LogP contribution in [0.3, 0.4) is 0 Å². The molecule has 2 N–H and O–H groups in total. The number of hydrogen-bond donors (Lipinski definition) is 2. The van der Waals surface area contributed by atoms with E-state index in [1.807, 2.05) is 30.3 Å². The minimum Gasteiger partial charge on any atom is -0.482 e. The third-order valence-electron chi connectivity index (χ3n) is 6.06. The number of ether oxygens (including phenoxy) is 2. The van der Waals surface area contributed by atoms with E-state index in [9.17, 15) is 9.90 Å². The zero-order chi connectivity index (χ0) is 22.3. The summed E-state index contributed by atoms with van der Waals surface area (Å²) in [4.78, 5) is 11.6. The Hall–Kier alpha value is -2.89. The number of aliphatic hydroxyl groups excluding tert-OH is 1. The summed E-state index contributed by atoms with van der Waals surface area (Å²) in [5.41, 5.74) is 3.49. The van der Waals surface area contributed by atoms with Crippen LogP contribution >= 0.6 is 0 Å². The van der Waals surface area contributed by atoms with E-state index in [4.69, 9.17) is 9.47 Å². The molecule has 0 bridgehead atoms. The average Bonchev–Trinajstić information content (AvgIpc) is 3.02. The van der Waals surface area contributed by atoms with Gasteiger partial charge in [0.2, 0.25) is 0 Å². The van der Waals surface area contributed by atoms with Crippen molar-refractivity contribution in [2.75, 3.05) is 19.8 Å². The van der Waals surface area contributed by atoms with E-state index in [0.717, 1.165) is 36.6 Å². The monoisotopic (exact) mass is 433 g/mol. The molecule has 0 amide bonds. The number of hydrogen-bond acceptors (Lipinski definition) is 5. The predicted molar refractivity (Wildman–Crippen MR) is 126 cm³/mol. The molecule has 168 valence electrons. The first kappa shape index (κ1) is 22.3. The molecule has 0 radical (unpaired) electrons. The molecule has 3 aromatic rings. The van der Waals surface area contributed by atoms with Crippen molar-refractivity contribution in [3.8, 4) is 5.75 Å². The second kappa shape index (κ2) is 10.6. The predicted octanol–water partition coefficient (Wildman–Crippen LogP) is 4.35. The van der Waals surface area contributed by atoms with Gasteiger partial charge in [0.05, 0.1) is 12.7 Å². The minimum absolute atomic E-state index is 0.0771. The zero-order valence-corrected chi connectivity index (χ0v) is 18.5. The van der Waals surface area contributed by atoms with Gasteiger partial charge in [0.15, 0.2) is 6.61 Å². The number of aryl methyl sites for hydroxylation is 1. The highest BCUT2D eigenvalue weighted by Crippen LogP contribution is 2.26. The maximum absolute atomic E-state index is 11.6. The van der Waals surface area contributed by atoms with Gasteiger partial charge in [-0.1, -0.05) is 42.5 Å². The van der Waals surface area contributed by atoms with Crippen molar-refractivity contribution >= 4 is 16.7 Å². The highest BCUT2D eigenvalue weighted by molar-refractivity contribution is 5.83. The quantitative estimate of drug-likeness (QED) is 0.408. The van der Waals surface area contributed by atoms with E-state index in [2.05, 4.69) is 35.6 Å². The molecule has 0 aromatic heterocycles. The summed E-state index contributed by atoms with van der Waals surface area (Å²) in [5, 5.41) is 16.6. The molecule has 0 spiro atoms. The molecule has 0 saturated heterocycles. The lowest BCUT2D eigenvalue weighted by molar-refractivity contribution is -0.145. The molecule has 0 aliphatic heterocycles. The summed E-state index contributed by atoms with van der Waals surface area (Å²) in [6.07, 6.45) is 3.49. The molecule has 5 nitrogen and oxygen atoms in total. The van der Waals surface area contributed by atoms with Crippen LogP contribution in [-0.2, 0) is 22.4 Å². The summed E-state index contributed by atoms with van der Waals surface area (Å²) in [6.45, 7) is 2.57. The van der Waals surface area contributed by atoms with Gasteiger partial charge in [-0.2, -0.15) is 0 Å². The topological polar surface area (TPSA) is 67.8 Å². The molecule has 1 aliphatic carbocycles. The van der Waals surface area contributed by atoms with Crippen molar-refractivity contribution in [1.82, 2.24) is 5.32 Å². The first-order valence-electron chi connectivity index (χ1n) is 11.4. The second-order valence-corrected chi connectivity index (χ2v) is 8.35. The third-order valence-corrected chi connectivity index (χ3v) is 6.06. The van der Waals surface area contributed by atoms with Gasteiger partial charge >= 0.3 is 5.97 Å². The maximum atomic E-state index is 11.6. The first-order chi connectivity index (χ1) is 15.6. The van der Waals surface area contributed by atoms with Crippen LogP contribution in [0.4, 0.5) is 0 Å². The summed E-state index contributed by atoms with van der Waals surface area (Å²) in [7, 11) is 0. The van der Waals surface area contributed by atoms with Gasteiger partial charge in [0.1, 0.15) is 5.75 Å². The highest BCUT2D eigenvalue weighted by Gasteiger charge is 2.19. The van der Waals surface area contributed by atoms with Gasteiger partial charge in [0.25, 0.3) is 0 Å². The van der Waals surface area contributed by atoms with Crippen LogP contribution < -0.4 is 10.1 Å². The fourth-order valence-electron chi connectivity index (χ4n) is 4.36. The van der Waals surface area contributed by atoms with Crippen molar-refractivity contribution in [3.05, 3.63) is 77.4 Å². The summed E-state index contributed by atoms with van der Waals surface area (Å²) in [5.74, 6) is 0.332. The Bertz CT molecular complexity index is 1060. The molecule has 2 atom stereocenters. The Morgan fingerprint density at radius 3 is 2.78 bits per heavy atom. The van der Waals surface area contributed by atoms with Gasteiger partial charge in [0, 0.05) is 12.6 Å². The lowest BCUT2D eigenvalue weighted by atomic mass is 10.0. The molecule has 32 heavy (non-hydrogen) atoms.